The van der Waals surface area contributed by atoms with Gasteiger partial charge in [-0.2, -0.15) is 0 Å². The first-order chi connectivity index (χ1) is 8.66. The molecule has 0 aliphatic carbocycles. The summed E-state index contributed by atoms with van der Waals surface area (Å²) in [6.07, 6.45) is 3.85. The number of pyridine rings is 1. The van der Waals surface area contributed by atoms with Crippen LogP contribution >= 0.6 is 0 Å². The molecule has 0 bridgehead atoms. The number of hydrogen-bond acceptors (Lipinski definition) is 4. The van der Waals surface area contributed by atoms with Crippen molar-refractivity contribution in [1.29, 1.82) is 0 Å². The molecule has 1 aromatic heterocycles. The van der Waals surface area contributed by atoms with Gasteiger partial charge in [0.05, 0.1) is 18.3 Å². The van der Waals surface area contributed by atoms with Crippen LogP contribution in [0.4, 0.5) is 4.39 Å². The maximum Gasteiger partial charge on any atom is 0.141 e. The standard InChI is InChI=1S/C13H20FN3O/c1-13(10-18,11-7-12(14)9-16-8-11)17-5-2-3-15-4-6-17/h7-9,15,18H,2-6,10H2,1H3. The van der Waals surface area contributed by atoms with E-state index in [4.69, 9.17) is 0 Å². The Balaban J connectivity index is 2.28. The van der Waals surface area contributed by atoms with Gasteiger partial charge < -0.3 is 10.4 Å². The summed E-state index contributed by atoms with van der Waals surface area (Å²) in [6.45, 7) is 5.50. The number of nitrogens with one attached hydrogen (secondary N) is 1. The lowest BCUT2D eigenvalue weighted by Gasteiger charge is -2.39. The molecule has 1 saturated heterocycles. The second-order valence-electron chi connectivity index (χ2n) is 4.91. The van der Waals surface area contributed by atoms with Crippen molar-refractivity contribution < 1.29 is 9.50 Å². The molecule has 2 rings (SSSR count). The van der Waals surface area contributed by atoms with Crippen LogP contribution in [0.15, 0.2) is 18.5 Å². The third kappa shape index (κ3) is 2.68. The van der Waals surface area contributed by atoms with E-state index in [-0.39, 0.29) is 12.4 Å². The Morgan fingerprint density at radius 1 is 1.44 bits per heavy atom. The first kappa shape index (κ1) is 13.4. The maximum absolute atomic E-state index is 13.3. The molecule has 0 aromatic carbocycles. The van der Waals surface area contributed by atoms with E-state index in [0.29, 0.717) is 0 Å². The van der Waals surface area contributed by atoms with Crippen molar-refractivity contribution in [3.05, 3.63) is 29.8 Å². The molecule has 0 saturated carbocycles. The minimum Gasteiger partial charge on any atom is -0.394 e. The molecule has 0 spiro atoms. The fourth-order valence-electron chi connectivity index (χ4n) is 2.42. The highest BCUT2D eigenvalue weighted by Crippen LogP contribution is 2.28. The average Bonchev–Trinajstić information content (AvgIpc) is 2.67. The van der Waals surface area contributed by atoms with Gasteiger partial charge in [-0.25, -0.2) is 4.39 Å². The lowest BCUT2D eigenvalue weighted by Crippen LogP contribution is -2.48. The second kappa shape index (κ2) is 5.73. The highest BCUT2D eigenvalue weighted by molar-refractivity contribution is 5.21. The molecule has 2 heterocycles. The summed E-state index contributed by atoms with van der Waals surface area (Å²) in [7, 11) is 0. The fraction of sp³-hybridized carbons (Fsp3) is 0.615. The van der Waals surface area contributed by atoms with Gasteiger partial charge in [0.15, 0.2) is 0 Å². The van der Waals surface area contributed by atoms with E-state index in [1.165, 1.54) is 12.3 Å². The van der Waals surface area contributed by atoms with Crippen LogP contribution in [0.5, 0.6) is 0 Å². The van der Waals surface area contributed by atoms with Gasteiger partial charge in [-0.05, 0) is 31.5 Å². The molecule has 1 unspecified atom stereocenters. The minimum absolute atomic E-state index is 0.0435. The van der Waals surface area contributed by atoms with Gasteiger partial charge in [0, 0.05) is 25.8 Å². The van der Waals surface area contributed by atoms with E-state index in [9.17, 15) is 9.50 Å². The van der Waals surface area contributed by atoms with Crippen LogP contribution < -0.4 is 5.32 Å². The molecule has 100 valence electrons. The molecule has 2 N–H and O–H groups in total. The van der Waals surface area contributed by atoms with Gasteiger partial charge in [0.2, 0.25) is 0 Å². The van der Waals surface area contributed by atoms with Crippen LogP contribution in [0, 0.1) is 5.82 Å². The van der Waals surface area contributed by atoms with Crippen LogP contribution in [-0.4, -0.2) is 47.8 Å². The average molecular weight is 253 g/mol. The molecule has 1 aromatic rings. The molecule has 1 aliphatic rings. The molecule has 0 radical (unpaired) electrons. The van der Waals surface area contributed by atoms with Crippen molar-refractivity contribution in [2.75, 3.05) is 32.8 Å². The molecule has 18 heavy (non-hydrogen) atoms. The number of aliphatic hydroxyl groups is 1. The Kier molecular flexibility index (Phi) is 4.27. The summed E-state index contributed by atoms with van der Waals surface area (Å²) < 4.78 is 13.3. The Labute approximate surface area is 107 Å². The van der Waals surface area contributed by atoms with Gasteiger partial charge in [0.1, 0.15) is 5.82 Å². The van der Waals surface area contributed by atoms with Crippen LogP contribution in [-0.2, 0) is 5.54 Å². The Morgan fingerprint density at radius 3 is 3.00 bits per heavy atom. The molecule has 1 aliphatic heterocycles. The second-order valence-corrected chi connectivity index (χ2v) is 4.91. The smallest absolute Gasteiger partial charge is 0.141 e. The minimum atomic E-state index is -0.568. The first-order valence-corrected chi connectivity index (χ1v) is 6.34. The van der Waals surface area contributed by atoms with Crippen molar-refractivity contribution in [1.82, 2.24) is 15.2 Å². The van der Waals surface area contributed by atoms with Crippen molar-refractivity contribution in [2.45, 2.75) is 18.9 Å². The lowest BCUT2D eigenvalue weighted by atomic mass is 9.92. The van der Waals surface area contributed by atoms with E-state index in [1.807, 2.05) is 6.92 Å². The van der Waals surface area contributed by atoms with Crippen molar-refractivity contribution in [3.63, 3.8) is 0 Å². The van der Waals surface area contributed by atoms with Crippen molar-refractivity contribution in [2.24, 2.45) is 0 Å². The third-order valence-electron chi connectivity index (χ3n) is 3.67. The van der Waals surface area contributed by atoms with Crippen LogP contribution in [0.25, 0.3) is 0 Å². The number of aliphatic hydroxyl groups excluding tert-OH is 1. The molecular formula is C13H20FN3O. The maximum atomic E-state index is 13.3. The highest BCUT2D eigenvalue weighted by Gasteiger charge is 2.33. The molecule has 1 fully saturated rings. The van der Waals surface area contributed by atoms with Gasteiger partial charge in [0.25, 0.3) is 0 Å². The SMILES string of the molecule is CC(CO)(c1cncc(F)c1)N1CCCNCC1. The van der Waals surface area contributed by atoms with Crippen molar-refractivity contribution in [3.8, 4) is 0 Å². The van der Waals surface area contributed by atoms with E-state index in [2.05, 4.69) is 15.2 Å². The lowest BCUT2D eigenvalue weighted by molar-refractivity contribution is 0.0448. The van der Waals surface area contributed by atoms with Crippen LogP contribution in [0.3, 0.4) is 0 Å². The Hall–Kier alpha value is -1.04. The topological polar surface area (TPSA) is 48.4 Å². The van der Waals surface area contributed by atoms with Gasteiger partial charge in [-0.3, -0.25) is 9.88 Å². The molecule has 5 heteroatoms. The van der Waals surface area contributed by atoms with Crippen molar-refractivity contribution >= 4 is 0 Å². The molecule has 4 nitrogen and oxygen atoms in total. The first-order valence-electron chi connectivity index (χ1n) is 6.34. The van der Waals surface area contributed by atoms with Gasteiger partial charge >= 0.3 is 0 Å². The van der Waals surface area contributed by atoms with E-state index >= 15 is 0 Å². The highest BCUT2D eigenvalue weighted by atomic mass is 19.1. The number of halogens is 1. The van der Waals surface area contributed by atoms with E-state index in [1.54, 1.807) is 6.20 Å². The monoisotopic (exact) mass is 253 g/mol. The zero-order valence-electron chi connectivity index (χ0n) is 10.7. The van der Waals surface area contributed by atoms with Gasteiger partial charge in [-0.15, -0.1) is 0 Å². The third-order valence-corrected chi connectivity index (χ3v) is 3.67. The fourth-order valence-corrected chi connectivity index (χ4v) is 2.42. The van der Waals surface area contributed by atoms with Crippen LogP contribution in [0.1, 0.15) is 18.9 Å². The molecule has 1 atom stereocenters. The quantitative estimate of drug-likeness (QED) is 0.833. The normalized spacial score (nSPS) is 21.3. The number of nitrogens with zero attached hydrogens (tertiary/aromatic N) is 2. The summed E-state index contributed by atoms with van der Waals surface area (Å²) in [5.74, 6) is -0.361. The zero-order chi connectivity index (χ0) is 13.0. The van der Waals surface area contributed by atoms with Crippen LogP contribution in [0.2, 0.25) is 0 Å². The number of rotatable bonds is 3. The summed E-state index contributed by atoms with van der Waals surface area (Å²) in [5, 5.41) is 13.1. The molecular weight excluding hydrogens is 233 g/mol. The Bertz CT molecular complexity index is 394. The Morgan fingerprint density at radius 2 is 2.28 bits per heavy atom. The summed E-state index contributed by atoms with van der Waals surface area (Å²) in [4.78, 5) is 6.09. The largest absolute Gasteiger partial charge is 0.394 e. The summed E-state index contributed by atoms with van der Waals surface area (Å²) in [6, 6.07) is 1.46. The van der Waals surface area contributed by atoms with Gasteiger partial charge in [-0.1, -0.05) is 0 Å². The van der Waals surface area contributed by atoms with E-state index in [0.717, 1.165) is 38.2 Å². The summed E-state index contributed by atoms with van der Waals surface area (Å²) >= 11 is 0. The number of hydrogen-bond donors (Lipinski definition) is 2. The predicted molar refractivity (Wildman–Crippen MR) is 67.7 cm³/mol. The zero-order valence-corrected chi connectivity index (χ0v) is 10.7. The predicted octanol–water partition coefficient (Wildman–Crippen LogP) is 0.724. The van der Waals surface area contributed by atoms with E-state index < -0.39 is 5.54 Å². The summed E-state index contributed by atoms with van der Waals surface area (Å²) in [5.41, 5.74) is 0.160. The number of aromatic nitrogens is 1. The molecule has 0 amide bonds.